The smallest absolute Gasteiger partial charge is 0.0994 e. The zero-order valence-electron chi connectivity index (χ0n) is 13.2. The first-order valence-electron chi connectivity index (χ1n) is 7.70. The lowest BCUT2D eigenvalue weighted by Crippen LogP contribution is -1.95. The van der Waals surface area contributed by atoms with Gasteiger partial charge in [0.2, 0.25) is 0 Å². The van der Waals surface area contributed by atoms with Gasteiger partial charge in [-0.2, -0.15) is 5.26 Å². The lowest BCUT2D eigenvalue weighted by atomic mass is 10.1. The SMILES string of the molecule is Cc1cc(-n2c3ccccc3c3c(C)cccc32)ccc1C#N. The number of hydrogen-bond donors (Lipinski definition) is 0. The predicted octanol–water partition coefficient (Wildman–Crippen LogP) is 5.27. The molecule has 0 unspecified atom stereocenters. The first-order chi connectivity index (χ1) is 11.2. The van der Waals surface area contributed by atoms with Gasteiger partial charge in [0, 0.05) is 16.5 Å². The molecule has 0 aliphatic heterocycles. The number of aromatic nitrogens is 1. The molecule has 0 N–H and O–H groups in total. The van der Waals surface area contributed by atoms with Crippen molar-refractivity contribution in [1.29, 1.82) is 5.26 Å². The molecule has 0 amide bonds. The molecule has 0 saturated carbocycles. The average molecular weight is 296 g/mol. The van der Waals surface area contributed by atoms with Crippen LogP contribution < -0.4 is 0 Å². The van der Waals surface area contributed by atoms with Crippen molar-refractivity contribution in [2.24, 2.45) is 0 Å². The number of nitriles is 1. The second kappa shape index (κ2) is 5.00. The van der Waals surface area contributed by atoms with Crippen LogP contribution in [0.15, 0.2) is 60.7 Å². The van der Waals surface area contributed by atoms with Crippen LogP contribution >= 0.6 is 0 Å². The highest BCUT2D eigenvalue weighted by Crippen LogP contribution is 2.34. The molecule has 4 rings (SSSR count). The lowest BCUT2D eigenvalue weighted by molar-refractivity contribution is 1.17. The first-order valence-corrected chi connectivity index (χ1v) is 7.70. The quantitative estimate of drug-likeness (QED) is 0.470. The molecule has 0 fully saturated rings. The fourth-order valence-electron chi connectivity index (χ4n) is 3.39. The van der Waals surface area contributed by atoms with Crippen LogP contribution in [0, 0.1) is 25.2 Å². The number of aryl methyl sites for hydroxylation is 2. The maximum Gasteiger partial charge on any atom is 0.0994 e. The van der Waals surface area contributed by atoms with Gasteiger partial charge in [-0.15, -0.1) is 0 Å². The Balaban J connectivity index is 2.16. The second-order valence-electron chi connectivity index (χ2n) is 5.93. The van der Waals surface area contributed by atoms with Gasteiger partial charge in [0.1, 0.15) is 0 Å². The van der Waals surface area contributed by atoms with Crippen molar-refractivity contribution in [2.75, 3.05) is 0 Å². The van der Waals surface area contributed by atoms with Gasteiger partial charge in [-0.3, -0.25) is 0 Å². The maximum absolute atomic E-state index is 9.16. The Morgan fingerprint density at radius 2 is 1.61 bits per heavy atom. The summed E-state index contributed by atoms with van der Waals surface area (Å²) in [5.74, 6) is 0. The molecule has 3 aromatic carbocycles. The van der Waals surface area contributed by atoms with Crippen LogP contribution in [0.2, 0.25) is 0 Å². The van der Waals surface area contributed by atoms with E-state index in [-0.39, 0.29) is 0 Å². The van der Waals surface area contributed by atoms with E-state index in [2.05, 4.69) is 66.1 Å². The highest BCUT2D eigenvalue weighted by Gasteiger charge is 2.13. The Labute approximate surface area is 135 Å². The molecule has 1 aromatic heterocycles. The molecular weight excluding hydrogens is 280 g/mol. The van der Waals surface area contributed by atoms with Crippen LogP contribution in [-0.4, -0.2) is 4.57 Å². The summed E-state index contributed by atoms with van der Waals surface area (Å²) in [7, 11) is 0. The maximum atomic E-state index is 9.16. The van der Waals surface area contributed by atoms with Crippen molar-refractivity contribution in [3.63, 3.8) is 0 Å². The molecule has 0 saturated heterocycles. The van der Waals surface area contributed by atoms with Crippen LogP contribution in [-0.2, 0) is 0 Å². The van der Waals surface area contributed by atoms with Crippen molar-refractivity contribution < 1.29 is 0 Å². The van der Waals surface area contributed by atoms with Crippen molar-refractivity contribution in [2.45, 2.75) is 13.8 Å². The van der Waals surface area contributed by atoms with E-state index in [1.54, 1.807) is 0 Å². The van der Waals surface area contributed by atoms with Crippen LogP contribution in [0.25, 0.3) is 27.5 Å². The van der Waals surface area contributed by atoms with Crippen molar-refractivity contribution in [3.05, 3.63) is 77.4 Å². The van der Waals surface area contributed by atoms with E-state index in [0.717, 1.165) is 16.8 Å². The zero-order chi connectivity index (χ0) is 16.0. The highest BCUT2D eigenvalue weighted by molar-refractivity contribution is 6.10. The van der Waals surface area contributed by atoms with E-state index >= 15 is 0 Å². The number of fused-ring (bicyclic) bond motifs is 3. The fourth-order valence-corrected chi connectivity index (χ4v) is 3.39. The number of rotatable bonds is 1. The van der Waals surface area contributed by atoms with Gasteiger partial charge in [0.05, 0.1) is 22.7 Å². The summed E-state index contributed by atoms with van der Waals surface area (Å²) in [6.07, 6.45) is 0. The molecule has 0 spiro atoms. The van der Waals surface area contributed by atoms with E-state index in [9.17, 15) is 0 Å². The zero-order valence-corrected chi connectivity index (χ0v) is 13.2. The van der Waals surface area contributed by atoms with Gasteiger partial charge in [0.25, 0.3) is 0 Å². The summed E-state index contributed by atoms with van der Waals surface area (Å²) in [6.45, 7) is 4.14. The molecule has 110 valence electrons. The highest BCUT2D eigenvalue weighted by atomic mass is 15.0. The molecule has 0 bridgehead atoms. The van der Waals surface area contributed by atoms with Gasteiger partial charge in [-0.05, 0) is 55.3 Å². The number of hydrogen-bond acceptors (Lipinski definition) is 1. The minimum Gasteiger partial charge on any atom is -0.309 e. The Morgan fingerprint density at radius 3 is 2.39 bits per heavy atom. The van der Waals surface area contributed by atoms with Crippen LogP contribution in [0.5, 0.6) is 0 Å². The van der Waals surface area contributed by atoms with E-state index < -0.39 is 0 Å². The predicted molar refractivity (Wildman–Crippen MR) is 95.0 cm³/mol. The summed E-state index contributed by atoms with van der Waals surface area (Å²) in [4.78, 5) is 0. The Hall–Kier alpha value is -3.05. The third-order valence-corrected chi connectivity index (χ3v) is 4.49. The first kappa shape index (κ1) is 13.6. The molecule has 0 atom stereocenters. The normalized spacial score (nSPS) is 11.0. The molecular formula is C21H16N2. The minimum absolute atomic E-state index is 0.727. The molecule has 23 heavy (non-hydrogen) atoms. The molecule has 0 aliphatic carbocycles. The van der Waals surface area contributed by atoms with Gasteiger partial charge in [-0.1, -0.05) is 30.3 Å². The van der Waals surface area contributed by atoms with Gasteiger partial charge >= 0.3 is 0 Å². The summed E-state index contributed by atoms with van der Waals surface area (Å²) in [6, 6.07) is 23.2. The van der Waals surface area contributed by atoms with Crippen molar-refractivity contribution in [1.82, 2.24) is 4.57 Å². The minimum atomic E-state index is 0.727. The van der Waals surface area contributed by atoms with Gasteiger partial charge < -0.3 is 4.57 Å². The standard InChI is InChI=1S/C21H16N2/c1-14-6-5-9-20-21(14)18-7-3-4-8-19(18)23(20)17-11-10-16(13-22)15(2)12-17/h3-12H,1-2H3. The number of nitrogens with zero attached hydrogens (tertiary/aromatic N) is 2. The van der Waals surface area contributed by atoms with E-state index in [1.165, 1.54) is 27.4 Å². The number of benzene rings is 3. The third-order valence-electron chi connectivity index (χ3n) is 4.49. The summed E-state index contributed by atoms with van der Waals surface area (Å²) in [5, 5.41) is 11.7. The summed E-state index contributed by atoms with van der Waals surface area (Å²) in [5.41, 5.74) is 6.51. The van der Waals surface area contributed by atoms with E-state index in [4.69, 9.17) is 5.26 Å². The Bertz CT molecular complexity index is 1090. The van der Waals surface area contributed by atoms with Crippen LogP contribution in [0.1, 0.15) is 16.7 Å². The summed E-state index contributed by atoms with van der Waals surface area (Å²) < 4.78 is 2.28. The number of para-hydroxylation sites is 1. The van der Waals surface area contributed by atoms with E-state index in [1.807, 2.05) is 19.1 Å². The van der Waals surface area contributed by atoms with Gasteiger partial charge in [-0.25, -0.2) is 0 Å². The molecule has 4 aromatic rings. The fraction of sp³-hybridized carbons (Fsp3) is 0.0952. The monoisotopic (exact) mass is 296 g/mol. The molecule has 0 radical (unpaired) electrons. The average Bonchev–Trinajstić information content (AvgIpc) is 2.90. The summed E-state index contributed by atoms with van der Waals surface area (Å²) >= 11 is 0. The van der Waals surface area contributed by atoms with Crippen molar-refractivity contribution in [3.8, 4) is 11.8 Å². The van der Waals surface area contributed by atoms with Crippen LogP contribution in [0.3, 0.4) is 0 Å². The molecule has 0 aliphatic rings. The van der Waals surface area contributed by atoms with Gasteiger partial charge in [0.15, 0.2) is 0 Å². The third kappa shape index (κ3) is 1.94. The second-order valence-corrected chi connectivity index (χ2v) is 5.93. The van der Waals surface area contributed by atoms with Crippen molar-refractivity contribution >= 4 is 21.8 Å². The van der Waals surface area contributed by atoms with Crippen LogP contribution in [0.4, 0.5) is 0 Å². The Kier molecular flexibility index (Phi) is 2.96. The largest absolute Gasteiger partial charge is 0.309 e. The molecule has 2 heteroatoms. The molecule has 1 heterocycles. The Morgan fingerprint density at radius 1 is 0.826 bits per heavy atom. The topological polar surface area (TPSA) is 28.7 Å². The lowest BCUT2D eigenvalue weighted by Gasteiger charge is -2.09. The van der Waals surface area contributed by atoms with E-state index in [0.29, 0.717) is 0 Å². The molecule has 2 nitrogen and oxygen atoms in total.